The van der Waals surface area contributed by atoms with Crippen LogP contribution in [0, 0.1) is 6.92 Å². The summed E-state index contributed by atoms with van der Waals surface area (Å²) in [5.41, 5.74) is 2.00. The molecule has 0 radical (unpaired) electrons. The smallest absolute Gasteiger partial charge is 0.341 e. The lowest BCUT2D eigenvalue weighted by atomic mass is 10.1. The van der Waals surface area contributed by atoms with Crippen molar-refractivity contribution in [2.75, 3.05) is 18.5 Å². The van der Waals surface area contributed by atoms with Crippen LogP contribution in [0.2, 0.25) is 0 Å². The number of hydrogen-bond acceptors (Lipinski definition) is 7. The van der Waals surface area contributed by atoms with Crippen molar-refractivity contribution in [3.63, 3.8) is 0 Å². The van der Waals surface area contributed by atoms with Gasteiger partial charge in [-0.2, -0.15) is 0 Å². The van der Waals surface area contributed by atoms with Crippen molar-refractivity contribution in [2.24, 2.45) is 0 Å². The van der Waals surface area contributed by atoms with Crippen molar-refractivity contribution in [1.29, 1.82) is 0 Å². The molecular formula is C23H21NO6S. The minimum absolute atomic E-state index is 0.0829. The molecule has 0 saturated carbocycles. The fraction of sp³-hybridized carbons (Fsp3) is 0.174. The Morgan fingerprint density at radius 1 is 1.00 bits per heavy atom. The summed E-state index contributed by atoms with van der Waals surface area (Å²) >= 11 is 1.25. The zero-order chi connectivity index (χ0) is 22.4. The second-order valence-corrected chi connectivity index (χ2v) is 7.54. The lowest BCUT2D eigenvalue weighted by Gasteiger charge is -2.08. The number of phenolic OH excluding ortho intramolecular Hbond substituents is 1. The third-order valence-corrected chi connectivity index (χ3v) is 5.59. The Labute approximate surface area is 183 Å². The zero-order valence-corrected chi connectivity index (χ0v) is 17.8. The van der Waals surface area contributed by atoms with Crippen molar-refractivity contribution >= 4 is 34.2 Å². The van der Waals surface area contributed by atoms with Crippen molar-refractivity contribution in [3.8, 4) is 16.2 Å². The molecule has 1 amide bonds. The first kappa shape index (κ1) is 22.0. The van der Waals surface area contributed by atoms with E-state index in [4.69, 9.17) is 9.47 Å². The van der Waals surface area contributed by atoms with E-state index < -0.39 is 24.5 Å². The number of ether oxygens (including phenoxy) is 2. The molecule has 3 rings (SSSR count). The van der Waals surface area contributed by atoms with Crippen LogP contribution in [0.15, 0.2) is 54.6 Å². The van der Waals surface area contributed by atoms with E-state index in [9.17, 15) is 19.5 Å². The van der Waals surface area contributed by atoms with Crippen LogP contribution in [0.1, 0.15) is 33.2 Å². The number of hydrogen-bond donors (Lipinski definition) is 2. The van der Waals surface area contributed by atoms with E-state index in [1.54, 1.807) is 13.8 Å². The minimum atomic E-state index is -0.746. The van der Waals surface area contributed by atoms with Crippen LogP contribution in [0.5, 0.6) is 5.75 Å². The molecule has 160 valence electrons. The number of amides is 1. The Bertz CT molecular complexity index is 1110. The summed E-state index contributed by atoms with van der Waals surface area (Å²) in [5.74, 6) is -1.96. The van der Waals surface area contributed by atoms with Gasteiger partial charge in [0.2, 0.25) is 0 Å². The summed E-state index contributed by atoms with van der Waals surface area (Å²) in [4.78, 5) is 37.8. The summed E-state index contributed by atoms with van der Waals surface area (Å²) in [6, 6.07) is 15.1. The van der Waals surface area contributed by atoms with Crippen molar-refractivity contribution in [2.45, 2.75) is 13.8 Å². The Hall–Kier alpha value is -3.65. The lowest BCUT2D eigenvalue weighted by Crippen LogP contribution is -2.21. The summed E-state index contributed by atoms with van der Waals surface area (Å²) < 4.78 is 10.2. The van der Waals surface area contributed by atoms with Crippen molar-refractivity contribution in [1.82, 2.24) is 0 Å². The average molecular weight is 439 g/mol. The summed E-state index contributed by atoms with van der Waals surface area (Å²) in [5, 5.41) is 12.4. The average Bonchev–Trinajstić information content (AvgIpc) is 3.08. The van der Waals surface area contributed by atoms with Gasteiger partial charge in [-0.25, -0.2) is 9.59 Å². The number of carbonyl (C=O) groups excluding carboxylic acids is 3. The number of esters is 2. The summed E-state index contributed by atoms with van der Waals surface area (Å²) in [6.45, 7) is 3.15. The molecule has 1 heterocycles. The summed E-state index contributed by atoms with van der Waals surface area (Å²) in [7, 11) is 0. The molecule has 2 aromatic carbocycles. The lowest BCUT2D eigenvalue weighted by molar-refractivity contribution is -0.119. The highest BCUT2D eigenvalue weighted by Gasteiger charge is 2.24. The molecule has 0 fully saturated rings. The zero-order valence-electron chi connectivity index (χ0n) is 17.0. The molecule has 31 heavy (non-hydrogen) atoms. The molecule has 0 bridgehead atoms. The number of carbonyl (C=O) groups is 3. The standard InChI is InChI=1S/C23H21NO6S/c1-3-29-23(28)19-14(2)20(15-8-5-4-6-9-15)31-21(19)24-18(26)13-30-22(27)16-10-7-11-17(25)12-16/h4-12,25H,3,13H2,1-2H3,(H,24,26). The minimum Gasteiger partial charge on any atom is -0.508 e. The van der Waals surface area contributed by atoms with Gasteiger partial charge in [-0.15, -0.1) is 11.3 Å². The monoisotopic (exact) mass is 439 g/mol. The van der Waals surface area contributed by atoms with Crippen LogP contribution < -0.4 is 5.32 Å². The second kappa shape index (κ2) is 9.90. The van der Waals surface area contributed by atoms with E-state index in [1.165, 1.54) is 35.6 Å². The van der Waals surface area contributed by atoms with Gasteiger partial charge in [0.1, 0.15) is 10.8 Å². The van der Waals surface area contributed by atoms with E-state index in [1.807, 2.05) is 30.3 Å². The SMILES string of the molecule is CCOC(=O)c1c(NC(=O)COC(=O)c2cccc(O)c2)sc(-c2ccccc2)c1C. The van der Waals surface area contributed by atoms with Gasteiger partial charge in [0.05, 0.1) is 17.7 Å². The first-order chi connectivity index (χ1) is 14.9. The fourth-order valence-corrected chi connectivity index (χ4v) is 4.14. The predicted molar refractivity (Wildman–Crippen MR) is 117 cm³/mol. The van der Waals surface area contributed by atoms with Gasteiger partial charge in [-0.05, 0) is 43.2 Å². The quantitative estimate of drug-likeness (QED) is 0.529. The maximum atomic E-state index is 12.5. The van der Waals surface area contributed by atoms with Gasteiger partial charge < -0.3 is 19.9 Å². The number of phenols is 1. The van der Waals surface area contributed by atoms with E-state index in [0.29, 0.717) is 10.6 Å². The maximum Gasteiger partial charge on any atom is 0.341 e. The maximum absolute atomic E-state index is 12.5. The number of rotatable bonds is 7. The van der Waals surface area contributed by atoms with Gasteiger partial charge >= 0.3 is 11.9 Å². The molecule has 3 aromatic rings. The number of benzene rings is 2. The van der Waals surface area contributed by atoms with Crippen LogP contribution in [0.25, 0.3) is 10.4 Å². The number of thiophene rings is 1. The number of aromatic hydroxyl groups is 1. The van der Waals surface area contributed by atoms with Crippen molar-refractivity contribution in [3.05, 3.63) is 71.3 Å². The Kier molecular flexibility index (Phi) is 7.04. The van der Waals surface area contributed by atoms with Gasteiger partial charge in [-0.1, -0.05) is 36.4 Å². The molecule has 0 saturated heterocycles. The Morgan fingerprint density at radius 3 is 2.42 bits per heavy atom. The molecule has 0 atom stereocenters. The van der Waals surface area contributed by atoms with E-state index in [-0.39, 0.29) is 23.5 Å². The number of nitrogens with one attached hydrogen (secondary N) is 1. The van der Waals surface area contributed by atoms with Gasteiger partial charge in [0.15, 0.2) is 6.61 Å². The topological polar surface area (TPSA) is 102 Å². The largest absolute Gasteiger partial charge is 0.508 e. The first-order valence-electron chi connectivity index (χ1n) is 9.52. The van der Waals surface area contributed by atoms with Crippen molar-refractivity contribution < 1.29 is 29.0 Å². The van der Waals surface area contributed by atoms with Crippen LogP contribution in [0.4, 0.5) is 5.00 Å². The molecule has 7 nitrogen and oxygen atoms in total. The van der Waals surface area contributed by atoms with Gasteiger partial charge in [0, 0.05) is 4.88 Å². The third-order valence-electron chi connectivity index (χ3n) is 4.33. The van der Waals surface area contributed by atoms with Crippen LogP contribution >= 0.6 is 11.3 Å². The Balaban J connectivity index is 1.78. The fourth-order valence-electron chi connectivity index (χ4n) is 2.93. The van der Waals surface area contributed by atoms with E-state index in [2.05, 4.69) is 5.32 Å². The van der Waals surface area contributed by atoms with E-state index in [0.717, 1.165) is 10.4 Å². The predicted octanol–water partition coefficient (Wildman–Crippen LogP) is 4.40. The first-order valence-corrected chi connectivity index (χ1v) is 10.3. The van der Waals surface area contributed by atoms with Crippen LogP contribution in [-0.4, -0.2) is 36.2 Å². The number of anilines is 1. The normalized spacial score (nSPS) is 10.4. The highest BCUT2D eigenvalue weighted by molar-refractivity contribution is 7.20. The van der Waals surface area contributed by atoms with Gasteiger partial charge in [0.25, 0.3) is 5.91 Å². The van der Waals surface area contributed by atoms with Crippen LogP contribution in [0.3, 0.4) is 0 Å². The molecule has 8 heteroatoms. The molecule has 0 aliphatic rings. The highest BCUT2D eigenvalue weighted by Crippen LogP contribution is 2.40. The molecule has 2 N–H and O–H groups in total. The molecule has 0 unspecified atom stereocenters. The van der Waals surface area contributed by atoms with E-state index >= 15 is 0 Å². The highest BCUT2D eigenvalue weighted by atomic mass is 32.1. The van der Waals surface area contributed by atoms with Crippen LogP contribution in [-0.2, 0) is 14.3 Å². The molecule has 0 aliphatic carbocycles. The second-order valence-electron chi connectivity index (χ2n) is 6.52. The molecule has 1 aromatic heterocycles. The third kappa shape index (κ3) is 5.29. The summed E-state index contributed by atoms with van der Waals surface area (Å²) in [6.07, 6.45) is 0. The molecular weight excluding hydrogens is 418 g/mol. The molecule has 0 aliphatic heterocycles. The Morgan fingerprint density at radius 2 is 1.74 bits per heavy atom. The van der Waals surface area contributed by atoms with Gasteiger partial charge in [-0.3, -0.25) is 4.79 Å². The molecule has 0 spiro atoms.